The normalized spacial score (nSPS) is 11.9. The van der Waals surface area contributed by atoms with Crippen molar-refractivity contribution in [2.45, 2.75) is 13.0 Å². The molecule has 0 bridgehead atoms. The van der Waals surface area contributed by atoms with Gasteiger partial charge in [-0.15, -0.1) is 6.58 Å². The van der Waals surface area contributed by atoms with Crippen LogP contribution in [0.3, 0.4) is 0 Å². The zero-order chi connectivity index (χ0) is 12.3. The molecule has 1 amide bonds. The fourth-order valence-corrected chi connectivity index (χ4v) is 1.54. The van der Waals surface area contributed by atoms with Crippen LogP contribution in [0.25, 0.3) is 0 Å². The number of carbonyl (C=O) groups is 1. The summed E-state index contributed by atoms with van der Waals surface area (Å²) in [6.07, 6.45) is 1.61. The lowest BCUT2D eigenvalue weighted by molar-refractivity contribution is 0.0947. The Balaban J connectivity index is 3.04. The van der Waals surface area contributed by atoms with E-state index in [1.807, 2.05) is 0 Å². The zero-order valence-electron chi connectivity index (χ0n) is 8.76. The monoisotopic (exact) mass is 258 g/mol. The van der Waals surface area contributed by atoms with Gasteiger partial charge < -0.3 is 11.1 Å². The molecule has 0 spiro atoms. The number of rotatable bonds is 3. The maximum atomic E-state index is 11.8. The molecule has 0 radical (unpaired) electrons. The smallest absolute Gasteiger partial charge is 0.253 e. The van der Waals surface area contributed by atoms with E-state index in [1.165, 1.54) is 12.1 Å². The highest BCUT2D eigenvalue weighted by Crippen LogP contribution is 2.28. The molecule has 0 saturated heterocycles. The summed E-state index contributed by atoms with van der Waals surface area (Å²) in [5, 5.41) is 3.15. The minimum atomic E-state index is -0.327. The minimum absolute atomic E-state index is 0.149. The van der Waals surface area contributed by atoms with Crippen molar-refractivity contribution in [3.63, 3.8) is 0 Å². The van der Waals surface area contributed by atoms with E-state index in [0.29, 0.717) is 5.69 Å². The molecular formula is C11H12Cl2N2O. The van der Waals surface area contributed by atoms with Crippen LogP contribution in [0.5, 0.6) is 0 Å². The molecule has 1 unspecified atom stereocenters. The van der Waals surface area contributed by atoms with Gasteiger partial charge >= 0.3 is 0 Å². The van der Waals surface area contributed by atoms with Crippen molar-refractivity contribution in [3.05, 3.63) is 40.4 Å². The van der Waals surface area contributed by atoms with E-state index < -0.39 is 0 Å². The lowest BCUT2D eigenvalue weighted by atomic mass is 10.1. The van der Waals surface area contributed by atoms with Gasteiger partial charge in [-0.25, -0.2) is 0 Å². The summed E-state index contributed by atoms with van der Waals surface area (Å²) >= 11 is 11.7. The quantitative estimate of drug-likeness (QED) is 0.647. The number of nitrogens with one attached hydrogen (secondary N) is 1. The van der Waals surface area contributed by atoms with Gasteiger partial charge in [-0.05, 0) is 19.1 Å². The van der Waals surface area contributed by atoms with E-state index >= 15 is 0 Å². The predicted molar refractivity (Wildman–Crippen MR) is 68.0 cm³/mol. The predicted octanol–water partition coefficient (Wildman–Crippen LogP) is 2.88. The Hall–Kier alpha value is -1.19. The molecule has 1 atom stereocenters. The molecule has 0 aliphatic rings. The molecule has 1 rings (SSSR count). The van der Waals surface area contributed by atoms with E-state index in [0.717, 1.165) is 0 Å². The number of halogens is 2. The molecule has 0 fully saturated rings. The molecule has 0 aliphatic carbocycles. The van der Waals surface area contributed by atoms with Crippen molar-refractivity contribution in [3.8, 4) is 0 Å². The van der Waals surface area contributed by atoms with Crippen LogP contribution in [0, 0.1) is 0 Å². The molecule has 1 aromatic rings. The highest BCUT2D eigenvalue weighted by molar-refractivity contribution is 6.44. The van der Waals surface area contributed by atoms with Crippen molar-refractivity contribution in [1.82, 2.24) is 5.32 Å². The molecular weight excluding hydrogens is 247 g/mol. The van der Waals surface area contributed by atoms with Crippen LogP contribution in [-0.4, -0.2) is 11.9 Å². The van der Waals surface area contributed by atoms with Gasteiger partial charge in [0.15, 0.2) is 0 Å². The molecule has 3 N–H and O–H groups in total. The fraction of sp³-hybridized carbons (Fsp3) is 0.182. The summed E-state index contributed by atoms with van der Waals surface area (Å²) in [7, 11) is 0. The van der Waals surface area contributed by atoms with Crippen LogP contribution < -0.4 is 11.1 Å². The van der Waals surface area contributed by atoms with Gasteiger partial charge in [0.25, 0.3) is 5.91 Å². The summed E-state index contributed by atoms with van der Waals surface area (Å²) in [5.74, 6) is -0.327. The summed E-state index contributed by atoms with van der Waals surface area (Å²) < 4.78 is 0. The van der Waals surface area contributed by atoms with Gasteiger partial charge in [0.2, 0.25) is 0 Å². The number of nitrogens with two attached hydrogens (primary N) is 1. The fourth-order valence-electron chi connectivity index (χ4n) is 1.12. The molecule has 0 aliphatic heterocycles. The average Bonchev–Trinajstić information content (AvgIpc) is 2.22. The zero-order valence-corrected chi connectivity index (χ0v) is 10.3. The first-order valence-corrected chi connectivity index (χ1v) is 5.39. The number of anilines is 1. The second kappa shape index (κ2) is 5.23. The Kier molecular flexibility index (Phi) is 4.21. The van der Waals surface area contributed by atoms with Crippen LogP contribution in [0.4, 0.5) is 5.69 Å². The van der Waals surface area contributed by atoms with Gasteiger partial charge in [0.05, 0.1) is 15.6 Å². The number of hydrogen-bond acceptors (Lipinski definition) is 2. The topological polar surface area (TPSA) is 55.1 Å². The van der Waals surface area contributed by atoms with Crippen LogP contribution >= 0.6 is 23.2 Å². The molecule has 0 aromatic heterocycles. The van der Waals surface area contributed by atoms with Crippen molar-refractivity contribution in [1.29, 1.82) is 0 Å². The van der Waals surface area contributed by atoms with Crippen molar-refractivity contribution in [2.75, 3.05) is 5.73 Å². The van der Waals surface area contributed by atoms with Crippen molar-refractivity contribution >= 4 is 34.8 Å². The van der Waals surface area contributed by atoms with E-state index in [9.17, 15) is 4.79 Å². The SMILES string of the molecule is C=CC(C)NC(=O)c1cc(N)cc(Cl)c1Cl. The molecule has 3 nitrogen and oxygen atoms in total. The van der Waals surface area contributed by atoms with E-state index in [-0.39, 0.29) is 27.6 Å². The van der Waals surface area contributed by atoms with E-state index in [2.05, 4.69) is 11.9 Å². The lowest BCUT2D eigenvalue weighted by Gasteiger charge is -2.11. The Morgan fingerprint density at radius 1 is 1.56 bits per heavy atom. The highest BCUT2D eigenvalue weighted by atomic mass is 35.5. The summed E-state index contributed by atoms with van der Waals surface area (Å²) in [4.78, 5) is 11.8. The summed E-state index contributed by atoms with van der Waals surface area (Å²) in [5.41, 5.74) is 6.24. The number of benzene rings is 1. The van der Waals surface area contributed by atoms with Crippen molar-refractivity contribution in [2.24, 2.45) is 0 Å². The van der Waals surface area contributed by atoms with Crippen LogP contribution in [0.15, 0.2) is 24.8 Å². The first kappa shape index (κ1) is 12.9. The molecule has 86 valence electrons. The molecule has 0 saturated carbocycles. The van der Waals surface area contributed by atoms with Gasteiger partial charge in [0.1, 0.15) is 0 Å². The van der Waals surface area contributed by atoms with Crippen LogP contribution in [0.1, 0.15) is 17.3 Å². The van der Waals surface area contributed by atoms with Gasteiger partial charge in [0, 0.05) is 11.7 Å². The number of hydrogen-bond donors (Lipinski definition) is 2. The minimum Gasteiger partial charge on any atom is -0.399 e. The number of carbonyl (C=O) groups excluding carboxylic acids is 1. The summed E-state index contributed by atoms with van der Waals surface area (Å²) in [6, 6.07) is 2.83. The maximum absolute atomic E-state index is 11.8. The second-order valence-electron chi connectivity index (χ2n) is 3.36. The van der Waals surface area contributed by atoms with Gasteiger partial charge in [-0.1, -0.05) is 29.3 Å². The van der Waals surface area contributed by atoms with Gasteiger partial charge in [-0.2, -0.15) is 0 Å². The Morgan fingerprint density at radius 2 is 2.19 bits per heavy atom. The third-order valence-corrected chi connectivity index (χ3v) is 2.81. The standard InChI is InChI=1S/C11H12Cl2N2O/c1-3-6(2)15-11(16)8-4-7(14)5-9(12)10(8)13/h3-6H,1,14H2,2H3,(H,15,16). The molecule has 0 heterocycles. The highest BCUT2D eigenvalue weighted by Gasteiger charge is 2.14. The largest absolute Gasteiger partial charge is 0.399 e. The number of amides is 1. The van der Waals surface area contributed by atoms with Gasteiger partial charge in [-0.3, -0.25) is 4.79 Å². The third kappa shape index (κ3) is 2.90. The first-order chi connectivity index (χ1) is 7.45. The Labute approximate surface area is 104 Å². The van der Waals surface area contributed by atoms with E-state index in [1.54, 1.807) is 13.0 Å². The molecule has 1 aromatic carbocycles. The average molecular weight is 259 g/mol. The second-order valence-corrected chi connectivity index (χ2v) is 4.15. The molecule has 5 heteroatoms. The Bertz CT molecular complexity index is 432. The van der Waals surface area contributed by atoms with Crippen LogP contribution in [0.2, 0.25) is 10.0 Å². The van der Waals surface area contributed by atoms with Crippen molar-refractivity contribution < 1.29 is 4.79 Å². The van der Waals surface area contributed by atoms with Crippen LogP contribution in [-0.2, 0) is 0 Å². The maximum Gasteiger partial charge on any atom is 0.253 e. The number of nitrogen functional groups attached to an aromatic ring is 1. The lowest BCUT2D eigenvalue weighted by Crippen LogP contribution is -2.31. The Morgan fingerprint density at radius 3 is 2.75 bits per heavy atom. The summed E-state index contributed by atoms with van der Waals surface area (Å²) in [6.45, 7) is 5.36. The third-order valence-electron chi connectivity index (χ3n) is 2.01. The van der Waals surface area contributed by atoms with E-state index in [4.69, 9.17) is 28.9 Å². The first-order valence-electron chi connectivity index (χ1n) is 4.63. The molecule has 16 heavy (non-hydrogen) atoms.